The van der Waals surface area contributed by atoms with Gasteiger partial charge in [0.15, 0.2) is 11.5 Å². The third-order valence-electron chi connectivity index (χ3n) is 4.49. The fourth-order valence-electron chi connectivity index (χ4n) is 3.18. The van der Waals surface area contributed by atoms with E-state index in [1.54, 1.807) is 27.4 Å². The molecule has 0 bridgehead atoms. The van der Waals surface area contributed by atoms with E-state index >= 15 is 0 Å². The normalized spacial score (nSPS) is 14.8. The molecule has 0 saturated heterocycles. The minimum atomic E-state index is -0.140. The largest absolute Gasteiger partial charge is 0.493 e. The highest BCUT2D eigenvalue weighted by molar-refractivity contribution is 6.11. The van der Waals surface area contributed by atoms with E-state index in [1.165, 1.54) is 5.56 Å². The third kappa shape index (κ3) is 3.67. The second kappa shape index (κ2) is 7.58. The van der Waals surface area contributed by atoms with Crippen molar-refractivity contribution in [3.8, 4) is 17.2 Å². The molecule has 1 N–H and O–H groups in total. The first-order chi connectivity index (χ1) is 13.0. The number of rotatable bonds is 5. The summed E-state index contributed by atoms with van der Waals surface area (Å²) in [5, 5.41) is 2.95. The molecule has 0 unspecified atom stereocenters. The molecule has 0 aromatic heterocycles. The first-order valence-corrected chi connectivity index (χ1v) is 8.59. The number of benzene rings is 2. The van der Waals surface area contributed by atoms with Crippen LogP contribution in [-0.2, 0) is 4.79 Å². The maximum atomic E-state index is 12.5. The molecule has 3 rings (SSSR count). The molecule has 0 saturated carbocycles. The Morgan fingerprint density at radius 1 is 0.926 bits per heavy atom. The number of ether oxygens (including phenoxy) is 3. The van der Waals surface area contributed by atoms with Gasteiger partial charge >= 0.3 is 0 Å². The molecular weight excluding hydrogens is 342 g/mol. The summed E-state index contributed by atoms with van der Waals surface area (Å²) >= 11 is 0. The van der Waals surface area contributed by atoms with Crippen LogP contribution in [0.4, 0.5) is 0 Å². The molecule has 5 heteroatoms. The van der Waals surface area contributed by atoms with Crippen LogP contribution in [0.1, 0.15) is 22.3 Å². The molecule has 0 aliphatic carbocycles. The van der Waals surface area contributed by atoms with Gasteiger partial charge in [0.25, 0.3) is 5.91 Å². The zero-order valence-electron chi connectivity index (χ0n) is 16.2. The lowest BCUT2D eigenvalue weighted by molar-refractivity contribution is -0.115. The van der Waals surface area contributed by atoms with Crippen molar-refractivity contribution in [2.24, 2.45) is 0 Å². The van der Waals surface area contributed by atoms with Gasteiger partial charge in [-0.2, -0.15) is 0 Å². The number of aryl methyl sites for hydroxylation is 2. The van der Waals surface area contributed by atoms with E-state index < -0.39 is 0 Å². The van der Waals surface area contributed by atoms with Gasteiger partial charge in [-0.1, -0.05) is 23.8 Å². The zero-order chi connectivity index (χ0) is 19.6. The average Bonchev–Trinajstić information content (AvgIpc) is 3.00. The van der Waals surface area contributed by atoms with Crippen molar-refractivity contribution >= 4 is 17.7 Å². The van der Waals surface area contributed by atoms with Gasteiger partial charge in [-0.05, 0) is 49.3 Å². The summed E-state index contributed by atoms with van der Waals surface area (Å²) < 4.78 is 16.1. The van der Waals surface area contributed by atoms with Crippen LogP contribution in [0.2, 0.25) is 0 Å². The maximum Gasteiger partial charge on any atom is 0.255 e. The summed E-state index contributed by atoms with van der Waals surface area (Å²) in [5.74, 6) is 1.46. The SMILES string of the molecule is COc1cc(/C=C2\C=C(c3ccc(C)cc3C)NC2=O)cc(OC)c1OC. The number of carbonyl (C=O) groups is 1. The molecule has 2 aromatic carbocycles. The van der Waals surface area contributed by atoms with E-state index in [4.69, 9.17) is 14.2 Å². The van der Waals surface area contributed by atoms with Gasteiger partial charge < -0.3 is 19.5 Å². The second-order valence-electron chi connectivity index (χ2n) is 6.39. The lowest BCUT2D eigenvalue weighted by Crippen LogP contribution is -2.16. The van der Waals surface area contributed by atoms with Gasteiger partial charge in [-0.3, -0.25) is 4.79 Å². The topological polar surface area (TPSA) is 56.8 Å². The van der Waals surface area contributed by atoms with E-state index in [2.05, 4.69) is 11.4 Å². The second-order valence-corrected chi connectivity index (χ2v) is 6.39. The van der Waals surface area contributed by atoms with Gasteiger partial charge in [0.05, 0.1) is 21.3 Å². The van der Waals surface area contributed by atoms with Crippen molar-refractivity contribution in [1.82, 2.24) is 5.32 Å². The summed E-state index contributed by atoms with van der Waals surface area (Å²) in [5.41, 5.74) is 5.48. The number of hydrogen-bond acceptors (Lipinski definition) is 4. The molecule has 140 valence electrons. The minimum Gasteiger partial charge on any atom is -0.493 e. The Bertz CT molecular complexity index is 932. The minimum absolute atomic E-state index is 0.140. The van der Waals surface area contributed by atoms with Crippen LogP contribution < -0.4 is 19.5 Å². The molecule has 1 amide bonds. The van der Waals surface area contributed by atoms with E-state index in [0.29, 0.717) is 22.8 Å². The molecule has 27 heavy (non-hydrogen) atoms. The van der Waals surface area contributed by atoms with Gasteiger partial charge in [0.1, 0.15) is 0 Å². The molecule has 0 atom stereocenters. The monoisotopic (exact) mass is 365 g/mol. The fourth-order valence-corrected chi connectivity index (χ4v) is 3.18. The number of methoxy groups -OCH3 is 3. The molecule has 1 aliphatic heterocycles. The first-order valence-electron chi connectivity index (χ1n) is 8.59. The van der Waals surface area contributed by atoms with E-state index in [0.717, 1.165) is 22.4 Å². The van der Waals surface area contributed by atoms with Gasteiger partial charge in [-0.25, -0.2) is 0 Å². The number of carbonyl (C=O) groups excluding carboxylic acids is 1. The number of nitrogens with one attached hydrogen (secondary N) is 1. The summed E-state index contributed by atoms with van der Waals surface area (Å²) in [4.78, 5) is 12.5. The van der Waals surface area contributed by atoms with Crippen LogP contribution >= 0.6 is 0 Å². The molecule has 0 spiro atoms. The van der Waals surface area contributed by atoms with Crippen LogP contribution in [0, 0.1) is 13.8 Å². The summed E-state index contributed by atoms with van der Waals surface area (Å²) in [6, 6.07) is 9.79. The summed E-state index contributed by atoms with van der Waals surface area (Å²) in [7, 11) is 4.69. The lowest BCUT2D eigenvalue weighted by Gasteiger charge is -2.13. The van der Waals surface area contributed by atoms with E-state index in [-0.39, 0.29) is 5.91 Å². The highest BCUT2D eigenvalue weighted by Gasteiger charge is 2.21. The van der Waals surface area contributed by atoms with Gasteiger partial charge in [0.2, 0.25) is 5.75 Å². The lowest BCUT2D eigenvalue weighted by atomic mass is 10.0. The fraction of sp³-hybridized carbons (Fsp3) is 0.227. The Hall–Kier alpha value is -3.21. The Morgan fingerprint density at radius 2 is 1.59 bits per heavy atom. The Balaban J connectivity index is 2.02. The molecule has 5 nitrogen and oxygen atoms in total. The van der Waals surface area contributed by atoms with Crippen molar-refractivity contribution in [2.75, 3.05) is 21.3 Å². The molecule has 1 heterocycles. The zero-order valence-corrected chi connectivity index (χ0v) is 16.2. The maximum absolute atomic E-state index is 12.5. The predicted molar refractivity (Wildman–Crippen MR) is 106 cm³/mol. The van der Waals surface area contributed by atoms with Gasteiger partial charge in [0, 0.05) is 16.8 Å². The van der Waals surface area contributed by atoms with Crippen molar-refractivity contribution in [2.45, 2.75) is 13.8 Å². The van der Waals surface area contributed by atoms with Crippen molar-refractivity contribution in [3.63, 3.8) is 0 Å². The summed E-state index contributed by atoms with van der Waals surface area (Å²) in [6.07, 6.45) is 3.67. The predicted octanol–water partition coefficient (Wildman–Crippen LogP) is 3.88. The quantitative estimate of drug-likeness (QED) is 0.817. The Labute approximate surface area is 159 Å². The smallest absolute Gasteiger partial charge is 0.255 e. The van der Waals surface area contributed by atoms with Gasteiger partial charge in [-0.15, -0.1) is 0 Å². The van der Waals surface area contributed by atoms with Crippen LogP contribution in [0.25, 0.3) is 11.8 Å². The first kappa shape index (κ1) is 18.6. The van der Waals surface area contributed by atoms with E-state index in [9.17, 15) is 4.79 Å². The van der Waals surface area contributed by atoms with Crippen LogP contribution in [0.15, 0.2) is 42.0 Å². The van der Waals surface area contributed by atoms with Crippen molar-refractivity contribution in [1.29, 1.82) is 0 Å². The number of hydrogen-bond donors (Lipinski definition) is 1. The standard InChI is InChI=1S/C22H23NO4/c1-13-6-7-17(14(2)8-13)18-12-16(22(24)23-18)9-15-10-19(25-3)21(27-5)20(11-15)26-4/h6-12H,1-5H3,(H,23,24)/b16-9+. The van der Waals surface area contributed by atoms with Crippen molar-refractivity contribution < 1.29 is 19.0 Å². The van der Waals surface area contributed by atoms with E-state index in [1.807, 2.05) is 44.2 Å². The Morgan fingerprint density at radius 3 is 2.15 bits per heavy atom. The van der Waals surface area contributed by atoms with Crippen LogP contribution in [-0.4, -0.2) is 27.2 Å². The average molecular weight is 365 g/mol. The molecule has 2 aromatic rings. The third-order valence-corrected chi connectivity index (χ3v) is 4.49. The molecule has 1 aliphatic rings. The molecule has 0 radical (unpaired) electrons. The highest BCUT2D eigenvalue weighted by atomic mass is 16.5. The molecule has 0 fully saturated rings. The van der Waals surface area contributed by atoms with Crippen molar-refractivity contribution in [3.05, 3.63) is 64.2 Å². The van der Waals surface area contributed by atoms with Crippen LogP contribution in [0.5, 0.6) is 17.2 Å². The number of amides is 1. The highest BCUT2D eigenvalue weighted by Crippen LogP contribution is 2.39. The summed E-state index contributed by atoms with van der Waals surface area (Å²) in [6.45, 7) is 4.09. The van der Waals surface area contributed by atoms with Crippen LogP contribution in [0.3, 0.4) is 0 Å². The molecular formula is C22H23NO4. The Kier molecular flexibility index (Phi) is 5.21.